The topological polar surface area (TPSA) is 429 Å². The lowest BCUT2D eigenvalue weighted by atomic mass is 10.0. The predicted octanol–water partition coefficient (Wildman–Crippen LogP) is 1.92. The maximum Gasteiger partial charge on any atom is 0.509 e. The number of aromatic nitrogens is 8. The van der Waals surface area contributed by atoms with Crippen LogP contribution in [0.5, 0.6) is 0 Å². The quantitative estimate of drug-likeness (QED) is 0.00756. The highest BCUT2D eigenvalue weighted by atomic mass is 32.7. The number of fused-ring (bicyclic) bond motifs is 2. The van der Waals surface area contributed by atoms with E-state index in [1.807, 2.05) is 0 Å². The summed E-state index contributed by atoms with van der Waals surface area (Å²) in [6, 6.07) is 3.08. The van der Waals surface area contributed by atoms with Crippen LogP contribution in [0, 0.1) is 11.4 Å². The SMILES string of the molecule is CC(C)[C@H](NC(=O)CNN=N)C(=O)N[C@@H](CCCNC(N)=O)C(=O)Nc1ccc(COC(=O)O[C@@H]2[C@H](OP(=O)(S)OCC3C[C@@H](F)[C@H](n4cnc5c(N)ncnc54)O3)[C@@H](COS)O[C@H]2n2cnc3c(N)ncnc32)cc1. The number of urea groups is 1. The van der Waals surface area contributed by atoms with Gasteiger partial charge in [0.15, 0.2) is 41.5 Å². The number of thiol groups is 2. The normalized spacial score (nSPS) is 21.8. The Labute approximate surface area is 441 Å². The van der Waals surface area contributed by atoms with Crippen LogP contribution in [0.4, 0.5) is 31.3 Å². The fourth-order valence-electron chi connectivity index (χ4n) is 8.04. The number of carbonyl (C=O) groups excluding carboxylic acids is 5. The van der Waals surface area contributed by atoms with Gasteiger partial charge in [-0.2, -0.15) is 5.53 Å². The lowest BCUT2D eigenvalue weighted by Crippen LogP contribution is -2.55. The summed E-state index contributed by atoms with van der Waals surface area (Å²) < 4.78 is 72.4. The van der Waals surface area contributed by atoms with Crippen LogP contribution in [0.25, 0.3) is 22.3 Å². The summed E-state index contributed by atoms with van der Waals surface area (Å²) in [4.78, 5) is 88.9. The van der Waals surface area contributed by atoms with Gasteiger partial charge in [-0.1, -0.05) is 43.5 Å². The van der Waals surface area contributed by atoms with Crippen molar-refractivity contribution in [3.63, 3.8) is 0 Å². The van der Waals surface area contributed by atoms with Crippen LogP contribution >= 0.6 is 32.0 Å². The highest BCUT2D eigenvalue weighted by Crippen LogP contribution is 2.57. The molecule has 4 aromatic heterocycles. The van der Waals surface area contributed by atoms with E-state index in [-0.39, 0.29) is 85.2 Å². The molecule has 7 rings (SSSR count). The molecule has 2 saturated heterocycles. The fourth-order valence-corrected chi connectivity index (χ4v) is 9.69. The van der Waals surface area contributed by atoms with Crippen molar-refractivity contribution in [2.45, 2.75) is 94.8 Å². The predicted molar refractivity (Wildman–Crippen MR) is 268 cm³/mol. The van der Waals surface area contributed by atoms with Gasteiger partial charge in [0.1, 0.15) is 67.3 Å². The van der Waals surface area contributed by atoms with E-state index in [4.69, 9.17) is 54.9 Å². The molecule has 2 fully saturated rings. The van der Waals surface area contributed by atoms with Crippen molar-refractivity contribution in [3.8, 4) is 0 Å². The first kappa shape index (κ1) is 56.7. The molecular formula is C41H54FN18O13PS2. The van der Waals surface area contributed by atoms with Gasteiger partial charge in [-0.05, 0) is 49.4 Å². The number of rotatable bonds is 25. The molecule has 10 atom stereocenters. The monoisotopic (exact) mass is 1120 g/mol. The molecule has 5 amide bonds. The summed E-state index contributed by atoms with van der Waals surface area (Å²) in [7, 11) is 0. The number of primary amides is 1. The zero-order valence-electron chi connectivity index (χ0n) is 40.3. The molecule has 5 aromatic rings. The van der Waals surface area contributed by atoms with Gasteiger partial charge in [-0.25, -0.2) is 48.4 Å². The molecule has 2 unspecified atom stereocenters. The average Bonchev–Trinajstić information content (AvgIpc) is 4.18. The Bertz CT molecular complexity index is 2930. The van der Waals surface area contributed by atoms with Gasteiger partial charge in [0.2, 0.25) is 17.7 Å². The molecule has 35 heteroatoms. The maximum atomic E-state index is 15.4. The average molecular weight is 1120 g/mol. The second kappa shape index (κ2) is 25.6. The number of alkyl halides is 1. The third-order valence-corrected chi connectivity index (χ3v) is 13.4. The summed E-state index contributed by atoms with van der Waals surface area (Å²) >= 11 is 8.08. The number of hydrogen-bond donors (Lipinski definition) is 11. The minimum Gasteiger partial charge on any atom is -0.429 e. The van der Waals surface area contributed by atoms with Crippen LogP contribution in [-0.2, 0) is 57.7 Å². The van der Waals surface area contributed by atoms with Crippen molar-refractivity contribution in [3.05, 3.63) is 55.1 Å². The number of nitrogen functional groups attached to an aromatic ring is 2. The highest BCUT2D eigenvalue weighted by molar-refractivity contribution is 8.44. The number of halogens is 1. The molecule has 0 aliphatic carbocycles. The molecule has 76 heavy (non-hydrogen) atoms. The molecule has 31 nitrogen and oxygen atoms in total. The van der Waals surface area contributed by atoms with Gasteiger partial charge >= 0.3 is 19.0 Å². The van der Waals surface area contributed by atoms with Crippen LogP contribution in [0.1, 0.15) is 51.1 Å². The summed E-state index contributed by atoms with van der Waals surface area (Å²) in [5.41, 5.74) is 27.6. The van der Waals surface area contributed by atoms with E-state index >= 15 is 4.39 Å². The van der Waals surface area contributed by atoms with E-state index in [0.29, 0.717) is 5.56 Å². The number of nitrogens with two attached hydrogens (primary N) is 3. The Hall–Kier alpha value is -7.07. The van der Waals surface area contributed by atoms with Crippen LogP contribution in [-0.4, -0.2) is 138 Å². The standard InChI is InChI=1S/C41H54FN18O13PS2/c1-19(2)27(57-26(61)11-54-58-46)37(63)56-24(4-3-9-47-40(45)64)36(62)55-21-7-5-20(6-8-21)12-67-41(65)72-31-30(25(14-69-75)71-39(31)60-18-53-29-33(44)49-16-51-35(29)60)73-74(66,76)68-13-22-10-23(42)38(70-22)59-17-52-28-32(43)48-15-50-34(28)59/h5-8,15-19,22-25,27,30-31,38-39,75H,3-4,9-14H2,1-2H3,(H2,46,54)(H,55,62)(H,56,63)(H,57,61)(H,66,76)(H2,43,48,50)(H2,44,49,51)(H3,45,47,64)/t22?,23-,24+,25-,27+,30-,31-,38-,39-,74?/m1/s1. The molecule has 0 saturated carbocycles. The number of nitrogens with one attached hydrogen (secondary N) is 6. The van der Waals surface area contributed by atoms with E-state index in [2.05, 4.69) is 87.0 Å². The molecule has 2 aliphatic rings. The third-order valence-electron chi connectivity index (χ3n) is 11.7. The minimum atomic E-state index is -4.48. The van der Waals surface area contributed by atoms with E-state index in [1.165, 1.54) is 58.7 Å². The molecule has 410 valence electrons. The number of imidazole rings is 2. The van der Waals surface area contributed by atoms with Crippen molar-refractivity contribution in [1.82, 2.24) is 60.4 Å². The summed E-state index contributed by atoms with van der Waals surface area (Å²) in [5, 5.41) is 13.3. The van der Waals surface area contributed by atoms with Crippen LogP contribution in [0.2, 0.25) is 0 Å². The minimum absolute atomic E-state index is 0.0255. The lowest BCUT2D eigenvalue weighted by molar-refractivity contribution is -0.131. The van der Waals surface area contributed by atoms with Crippen molar-refractivity contribution in [2.75, 3.05) is 43.1 Å². The van der Waals surface area contributed by atoms with E-state index < -0.39 is 104 Å². The van der Waals surface area contributed by atoms with Gasteiger partial charge in [0.25, 0.3) is 0 Å². The molecule has 2 aliphatic heterocycles. The molecule has 6 heterocycles. The smallest absolute Gasteiger partial charge is 0.429 e. The second-order valence-electron chi connectivity index (χ2n) is 17.3. The van der Waals surface area contributed by atoms with Crippen LogP contribution in [0.3, 0.4) is 0 Å². The number of hydrogen-bond acceptors (Lipinski definition) is 24. The first-order valence-corrected chi connectivity index (χ1v) is 26.1. The number of benzene rings is 1. The largest absolute Gasteiger partial charge is 0.509 e. The van der Waals surface area contributed by atoms with Gasteiger partial charge in [0, 0.05) is 18.7 Å². The lowest BCUT2D eigenvalue weighted by Gasteiger charge is -2.26. The zero-order valence-corrected chi connectivity index (χ0v) is 43.0. The van der Waals surface area contributed by atoms with Gasteiger partial charge in [0.05, 0.1) is 32.0 Å². The van der Waals surface area contributed by atoms with Gasteiger partial charge < -0.3 is 61.6 Å². The Morgan fingerprint density at radius 1 is 0.921 bits per heavy atom. The Kier molecular flexibility index (Phi) is 19.1. The molecular weight excluding hydrogens is 1070 g/mol. The Morgan fingerprint density at radius 2 is 1.58 bits per heavy atom. The number of carbonyl (C=O) groups is 5. The third kappa shape index (κ3) is 14.2. The molecule has 0 bridgehead atoms. The number of amides is 5. The zero-order chi connectivity index (χ0) is 54.7. The molecule has 0 spiro atoms. The maximum absolute atomic E-state index is 15.4. The summed E-state index contributed by atoms with van der Waals surface area (Å²) in [6.45, 7) is -2.54. The fraction of sp³-hybridized carbons (Fsp3) is 0.488. The molecule has 0 radical (unpaired) electrons. The number of nitrogens with zero attached hydrogens (tertiary/aromatic N) is 9. The first-order valence-electron chi connectivity index (χ1n) is 23.0. The first-order chi connectivity index (χ1) is 36.4. The second-order valence-corrected chi connectivity index (χ2v) is 20.4. The molecule has 12 N–H and O–H groups in total. The van der Waals surface area contributed by atoms with Gasteiger partial charge in [-0.3, -0.25) is 38.0 Å². The summed E-state index contributed by atoms with van der Waals surface area (Å²) in [5.74, 6) is -2.20. The van der Waals surface area contributed by atoms with E-state index in [1.54, 1.807) is 13.8 Å². The van der Waals surface area contributed by atoms with Crippen molar-refractivity contribution < 1.29 is 65.1 Å². The highest BCUT2D eigenvalue weighted by Gasteiger charge is 2.53. The van der Waals surface area contributed by atoms with Crippen LogP contribution in [0.15, 0.2) is 54.8 Å². The van der Waals surface area contributed by atoms with Crippen molar-refractivity contribution >= 4 is 102 Å². The summed E-state index contributed by atoms with van der Waals surface area (Å²) in [6.07, 6.45) is -5.44. The van der Waals surface area contributed by atoms with Crippen LogP contribution < -0.4 is 43.9 Å². The van der Waals surface area contributed by atoms with E-state index in [9.17, 15) is 28.5 Å². The van der Waals surface area contributed by atoms with Crippen molar-refractivity contribution in [2.24, 2.45) is 16.9 Å². The Balaban J connectivity index is 1.01. The number of ether oxygens (including phenoxy) is 4. The van der Waals surface area contributed by atoms with E-state index in [0.717, 1.165) is 0 Å². The Morgan fingerprint density at radius 3 is 2.20 bits per heavy atom. The number of anilines is 3. The van der Waals surface area contributed by atoms with Crippen molar-refractivity contribution in [1.29, 1.82) is 5.53 Å². The van der Waals surface area contributed by atoms with Gasteiger partial charge in [-0.15, -0.1) is 0 Å². The molecule has 1 aromatic carbocycles.